The molecule has 4 heteroatoms. The third-order valence-corrected chi connectivity index (χ3v) is 2.92. The summed E-state index contributed by atoms with van der Waals surface area (Å²) in [4.78, 5) is 0. The molecule has 0 amide bonds. The van der Waals surface area contributed by atoms with Gasteiger partial charge in [0.25, 0.3) is 0 Å². The zero-order chi connectivity index (χ0) is 13.7. The van der Waals surface area contributed by atoms with Gasteiger partial charge in [0, 0.05) is 5.56 Å². The quantitative estimate of drug-likeness (QED) is 0.834. The Bertz CT molecular complexity index is 529. The Morgan fingerprint density at radius 1 is 1.11 bits per heavy atom. The smallest absolute Gasteiger partial charge is 0.320 e. The summed E-state index contributed by atoms with van der Waals surface area (Å²) in [5.41, 5.74) is 2.21. The Morgan fingerprint density at radius 3 is 2.53 bits per heavy atom. The lowest BCUT2D eigenvalue weighted by Gasteiger charge is -2.08. The Morgan fingerprint density at radius 2 is 1.84 bits per heavy atom. The number of benzene rings is 2. The van der Waals surface area contributed by atoms with Gasteiger partial charge in [-0.1, -0.05) is 49.3 Å². The van der Waals surface area contributed by atoms with Crippen LogP contribution in [0.5, 0.6) is 0 Å². The number of ether oxygens (including phenoxy) is 1. The van der Waals surface area contributed by atoms with Gasteiger partial charge in [-0.05, 0) is 17.1 Å². The van der Waals surface area contributed by atoms with Crippen LogP contribution in [0.2, 0.25) is 6.82 Å². The van der Waals surface area contributed by atoms with Crippen LogP contribution in [0.25, 0.3) is 0 Å². The van der Waals surface area contributed by atoms with Crippen LogP contribution in [-0.2, 0) is 18.0 Å². The summed E-state index contributed by atoms with van der Waals surface area (Å²) >= 11 is 0. The summed E-state index contributed by atoms with van der Waals surface area (Å²) in [6, 6.07) is 14.3. The van der Waals surface area contributed by atoms with Crippen LogP contribution < -0.4 is 5.46 Å². The molecule has 0 heterocycles. The molecule has 1 N–H and O–H groups in total. The molecular weight excluding hydrogens is 242 g/mol. The zero-order valence-electron chi connectivity index (χ0n) is 10.8. The van der Waals surface area contributed by atoms with Crippen molar-refractivity contribution in [2.24, 2.45) is 0 Å². The SMILES string of the molecule is CB(O)c1ccc(F)c(COCc2ccccc2)c1. The molecule has 0 aliphatic carbocycles. The number of hydrogen-bond donors (Lipinski definition) is 1. The van der Waals surface area contributed by atoms with Gasteiger partial charge in [-0.15, -0.1) is 0 Å². The summed E-state index contributed by atoms with van der Waals surface area (Å²) in [7, 11) is 0. The van der Waals surface area contributed by atoms with Crippen molar-refractivity contribution in [2.75, 3.05) is 0 Å². The summed E-state index contributed by atoms with van der Waals surface area (Å²) in [5, 5.41) is 9.48. The summed E-state index contributed by atoms with van der Waals surface area (Å²) in [6.07, 6.45) is 0. The normalized spacial score (nSPS) is 10.5. The first-order valence-electron chi connectivity index (χ1n) is 6.25. The maximum Gasteiger partial charge on any atom is 0.320 e. The molecule has 0 spiro atoms. The van der Waals surface area contributed by atoms with Gasteiger partial charge < -0.3 is 9.76 Å². The van der Waals surface area contributed by atoms with Gasteiger partial charge in [-0.25, -0.2) is 4.39 Å². The zero-order valence-corrected chi connectivity index (χ0v) is 10.8. The predicted octanol–water partition coefficient (Wildman–Crippen LogP) is 2.36. The molecule has 98 valence electrons. The molecule has 0 aliphatic heterocycles. The van der Waals surface area contributed by atoms with E-state index >= 15 is 0 Å². The summed E-state index contributed by atoms with van der Waals surface area (Å²) < 4.78 is 19.1. The molecule has 0 unspecified atom stereocenters. The fraction of sp³-hybridized carbons (Fsp3) is 0.200. The van der Waals surface area contributed by atoms with E-state index in [-0.39, 0.29) is 12.4 Å². The largest absolute Gasteiger partial charge is 0.447 e. The molecule has 0 aromatic heterocycles. The number of halogens is 1. The average molecular weight is 258 g/mol. The third kappa shape index (κ3) is 3.91. The second kappa shape index (κ2) is 6.50. The highest BCUT2D eigenvalue weighted by Gasteiger charge is 2.10. The molecule has 0 radical (unpaired) electrons. The highest BCUT2D eigenvalue weighted by Crippen LogP contribution is 2.09. The standard InChI is InChI=1S/C15H16BFO2/c1-16(18)14-7-8-15(17)13(9-14)11-19-10-12-5-3-2-4-6-12/h2-9,18H,10-11H2,1H3. The van der Waals surface area contributed by atoms with E-state index in [1.165, 1.54) is 6.07 Å². The Kier molecular flexibility index (Phi) is 4.71. The first-order valence-corrected chi connectivity index (χ1v) is 6.25. The summed E-state index contributed by atoms with van der Waals surface area (Å²) in [5.74, 6) is -0.308. The van der Waals surface area contributed by atoms with Crippen molar-refractivity contribution in [3.8, 4) is 0 Å². The molecule has 0 bridgehead atoms. The van der Waals surface area contributed by atoms with Crippen LogP contribution >= 0.6 is 0 Å². The van der Waals surface area contributed by atoms with Gasteiger partial charge >= 0.3 is 6.92 Å². The highest BCUT2D eigenvalue weighted by molar-refractivity contribution is 6.64. The minimum absolute atomic E-state index is 0.196. The molecule has 0 saturated carbocycles. The molecule has 0 fully saturated rings. The minimum atomic E-state index is -0.603. The highest BCUT2D eigenvalue weighted by atomic mass is 19.1. The first-order chi connectivity index (χ1) is 9.16. The maximum absolute atomic E-state index is 13.6. The fourth-order valence-electron chi connectivity index (χ4n) is 1.82. The van der Waals surface area contributed by atoms with E-state index in [1.54, 1.807) is 19.0 Å². The molecule has 2 nitrogen and oxygen atoms in total. The van der Waals surface area contributed by atoms with Crippen molar-refractivity contribution >= 4 is 12.4 Å². The van der Waals surface area contributed by atoms with Gasteiger partial charge in [-0.3, -0.25) is 0 Å². The fourth-order valence-corrected chi connectivity index (χ4v) is 1.82. The van der Waals surface area contributed by atoms with Gasteiger partial charge in [0.15, 0.2) is 0 Å². The monoisotopic (exact) mass is 258 g/mol. The lowest BCUT2D eigenvalue weighted by atomic mass is 9.64. The first kappa shape index (κ1) is 13.8. The van der Waals surface area contributed by atoms with Crippen LogP contribution in [0.4, 0.5) is 4.39 Å². The number of rotatable bonds is 5. The van der Waals surface area contributed by atoms with Gasteiger partial charge in [0.1, 0.15) is 5.82 Å². The molecule has 2 rings (SSSR count). The second-order valence-electron chi connectivity index (χ2n) is 4.51. The van der Waals surface area contributed by atoms with Crippen molar-refractivity contribution in [2.45, 2.75) is 20.0 Å². The molecule has 19 heavy (non-hydrogen) atoms. The lowest BCUT2D eigenvalue weighted by molar-refractivity contribution is 0.105. The molecule has 0 atom stereocenters. The van der Waals surface area contributed by atoms with E-state index in [1.807, 2.05) is 30.3 Å². The van der Waals surface area contributed by atoms with Crippen LogP contribution in [0.1, 0.15) is 11.1 Å². The molecule has 0 aliphatic rings. The topological polar surface area (TPSA) is 29.5 Å². The average Bonchev–Trinajstić information content (AvgIpc) is 2.42. The van der Waals surface area contributed by atoms with Crippen LogP contribution in [0.15, 0.2) is 48.5 Å². The predicted molar refractivity (Wildman–Crippen MR) is 74.8 cm³/mol. The number of hydrogen-bond acceptors (Lipinski definition) is 2. The van der Waals surface area contributed by atoms with Gasteiger partial charge in [0.05, 0.1) is 13.2 Å². The lowest BCUT2D eigenvalue weighted by Crippen LogP contribution is -2.26. The van der Waals surface area contributed by atoms with Crippen molar-refractivity contribution in [3.05, 3.63) is 65.5 Å². The van der Waals surface area contributed by atoms with E-state index in [2.05, 4.69) is 0 Å². The molecule has 0 saturated heterocycles. The Hall–Kier alpha value is -1.65. The second-order valence-corrected chi connectivity index (χ2v) is 4.51. The molecule has 2 aromatic carbocycles. The van der Waals surface area contributed by atoms with Gasteiger partial charge in [0.2, 0.25) is 0 Å². The third-order valence-electron chi connectivity index (χ3n) is 2.92. The van der Waals surface area contributed by atoms with Crippen LogP contribution in [0.3, 0.4) is 0 Å². The van der Waals surface area contributed by atoms with Crippen molar-refractivity contribution in [3.63, 3.8) is 0 Å². The van der Waals surface area contributed by atoms with Crippen molar-refractivity contribution in [1.29, 1.82) is 0 Å². The molecule has 2 aromatic rings. The van der Waals surface area contributed by atoms with Crippen molar-refractivity contribution in [1.82, 2.24) is 0 Å². The van der Waals surface area contributed by atoms with E-state index in [0.29, 0.717) is 17.6 Å². The van der Waals surface area contributed by atoms with Crippen LogP contribution in [-0.4, -0.2) is 11.9 Å². The Labute approximate surface area is 113 Å². The summed E-state index contributed by atoms with van der Waals surface area (Å²) in [6.45, 7) is 1.69. The maximum atomic E-state index is 13.6. The van der Waals surface area contributed by atoms with E-state index in [0.717, 1.165) is 5.56 Å². The van der Waals surface area contributed by atoms with Crippen molar-refractivity contribution < 1.29 is 14.2 Å². The molecular formula is C15H16BFO2. The van der Waals surface area contributed by atoms with Crippen LogP contribution in [0, 0.1) is 5.82 Å². The van der Waals surface area contributed by atoms with Gasteiger partial charge in [-0.2, -0.15) is 0 Å². The van der Waals surface area contributed by atoms with E-state index in [9.17, 15) is 9.41 Å². The Balaban J connectivity index is 1.97. The minimum Gasteiger partial charge on any atom is -0.447 e. The van der Waals surface area contributed by atoms with E-state index in [4.69, 9.17) is 4.74 Å². The van der Waals surface area contributed by atoms with E-state index < -0.39 is 6.92 Å².